The highest BCUT2D eigenvalue weighted by Gasteiger charge is 2.46. The minimum Gasteiger partial charge on any atom is -0.387 e. The van der Waals surface area contributed by atoms with Gasteiger partial charge in [0.2, 0.25) is 0 Å². The van der Waals surface area contributed by atoms with Crippen molar-refractivity contribution in [3.63, 3.8) is 0 Å². The number of imidazole rings is 1. The van der Waals surface area contributed by atoms with E-state index in [1.54, 1.807) is 0 Å². The van der Waals surface area contributed by atoms with Crippen LogP contribution in [0.15, 0.2) is 6.33 Å². The Bertz CT molecular complexity index is 1210. The van der Waals surface area contributed by atoms with Crippen LogP contribution in [0.25, 0.3) is 11.2 Å². The number of aromatic amines is 1. The molecule has 0 spiro atoms. The summed E-state index contributed by atoms with van der Waals surface area (Å²) >= 11 is 5.03. The van der Waals surface area contributed by atoms with Gasteiger partial charge in [0.25, 0.3) is 0 Å². The summed E-state index contributed by atoms with van der Waals surface area (Å²) in [4.78, 5) is 46.1. The summed E-state index contributed by atoms with van der Waals surface area (Å²) in [6.45, 7) is -0.968. The van der Waals surface area contributed by atoms with Gasteiger partial charge >= 0.3 is 23.5 Å². The number of nitrogen functional groups attached to an aromatic ring is 1. The topological polar surface area (TPSA) is 282 Å². The molecule has 0 bridgehead atoms. The lowest BCUT2D eigenvalue weighted by molar-refractivity contribution is -0.0503. The van der Waals surface area contributed by atoms with Gasteiger partial charge in [-0.2, -0.15) is 8.62 Å². The average molecular weight is 539 g/mol. The molecule has 3 rings (SSSR count). The molecule has 0 aliphatic carbocycles. The van der Waals surface area contributed by atoms with Crippen molar-refractivity contribution in [3.05, 3.63) is 11.0 Å². The molecule has 1 saturated heterocycles. The molecule has 0 saturated carbocycles. The largest absolute Gasteiger partial charge is 0.490 e. The molecule has 9 N–H and O–H groups in total. The quantitative estimate of drug-likeness (QED) is 0.148. The maximum atomic E-state index is 11.8. The molecule has 6 atom stereocenters. The zero-order chi connectivity index (χ0) is 24.1. The number of phosphoric ester groups is 1. The third-order valence-corrected chi connectivity index (χ3v) is 7.98. The van der Waals surface area contributed by atoms with E-state index in [2.05, 4.69) is 28.1 Å². The van der Waals surface area contributed by atoms with Crippen molar-refractivity contribution >= 4 is 52.8 Å². The number of anilines is 1. The summed E-state index contributed by atoms with van der Waals surface area (Å²) in [7, 11) is -16.7. The highest BCUT2D eigenvalue weighted by Crippen LogP contribution is 2.66. The summed E-state index contributed by atoms with van der Waals surface area (Å²) < 4.78 is 52.1. The van der Waals surface area contributed by atoms with Crippen molar-refractivity contribution < 1.29 is 61.4 Å². The zero-order valence-corrected chi connectivity index (χ0v) is 18.8. The second kappa shape index (κ2) is 8.90. The van der Waals surface area contributed by atoms with E-state index in [9.17, 15) is 28.8 Å². The van der Waals surface area contributed by atoms with Gasteiger partial charge in [-0.1, -0.05) is 12.2 Å². The number of aliphatic hydroxyl groups excluding tert-OH is 2. The first-order chi connectivity index (χ1) is 14.6. The van der Waals surface area contributed by atoms with Crippen LogP contribution in [0.2, 0.25) is 0 Å². The van der Waals surface area contributed by atoms with Crippen LogP contribution < -0.4 is 5.73 Å². The van der Waals surface area contributed by atoms with E-state index in [4.69, 9.17) is 37.4 Å². The number of hydrogen-bond acceptors (Lipinski definition) is 13. The number of nitrogens with two attached hydrogens (primary N) is 1. The summed E-state index contributed by atoms with van der Waals surface area (Å²) in [5, 5.41) is 20.5. The molecule has 0 radical (unpaired) electrons. The Morgan fingerprint density at radius 3 is 2.44 bits per heavy atom. The molecule has 1 aliphatic heterocycles. The fourth-order valence-electron chi connectivity index (χ4n) is 2.71. The van der Waals surface area contributed by atoms with E-state index in [0.29, 0.717) is 0 Å². The van der Waals surface area contributed by atoms with Crippen LogP contribution in [0, 0.1) is 4.64 Å². The number of aromatic nitrogens is 4. The van der Waals surface area contributed by atoms with Crippen molar-refractivity contribution in [3.8, 4) is 0 Å². The molecule has 1 fully saturated rings. The number of H-pyrrole nitrogens is 1. The Kier molecular flexibility index (Phi) is 7.09. The molecule has 22 heteroatoms. The lowest BCUT2D eigenvalue weighted by Gasteiger charge is -2.19. The smallest absolute Gasteiger partial charge is 0.387 e. The number of nitrogens with one attached hydrogen (secondary N) is 1. The van der Waals surface area contributed by atoms with E-state index in [1.807, 2.05) is 0 Å². The van der Waals surface area contributed by atoms with E-state index < -0.39 is 54.6 Å². The predicted octanol–water partition coefficient (Wildman–Crippen LogP) is -0.966. The highest BCUT2D eigenvalue weighted by atomic mass is 32.1. The lowest BCUT2D eigenvalue weighted by Crippen LogP contribution is -2.33. The van der Waals surface area contributed by atoms with Gasteiger partial charge in [-0.15, -0.1) is 0 Å². The average Bonchev–Trinajstić information content (AvgIpc) is 3.12. The maximum Gasteiger partial charge on any atom is 0.490 e. The second-order valence-corrected chi connectivity index (χ2v) is 11.0. The van der Waals surface area contributed by atoms with Crippen molar-refractivity contribution in [1.82, 2.24) is 19.5 Å². The Labute approximate surface area is 182 Å². The number of aliphatic hydroxyl groups is 2. The van der Waals surface area contributed by atoms with E-state index in [0.717, 1.165) is 0 Å². The van der Waals surface area contributed by atoms with Gasteiger partial charge < -0.3 is 45.2 Å². The van der Waals surface area contributed by atoms with Crippen molar-refractivity contribution in [2.45, 2.75) is 24.5 Å². The monoisotopic (exact) mass is 539 g/mol. The third kappa shape index (κ3) is 5.85. The first kappa shape index (κ1) is 25.5. The standard InChI is InChI=1S/C10H16N5O13P3S/c11-10-13-7-4(8(32)14-10)12-2-15(7)9-6(17)5(16)3(26-9)1-25-30(21,22)28-31(23,24)27-29(18,19)20/h2-3,5-6,9,16-17H,1H2,(H,21,22)(H,23,24)(H2,18,19,20)(H3,11,13,14,32)/t3-,5-,6-,9+/m1/s1. The fourth-order valence-corrected chi connectivity index (χ4v) is 5.99. The Hall–Kier alpha value is -1.14. The number of ether oxygens (including phenoxy) is 1. The third-order valence-electron chi connectivity index (χ3n) is 3.89. The molecule has 0 amide bonds. The summed E-state index contributed by atoms with van der Waals surface area (Å²) in [6, 6.07) is 0. The summed E-state index contributed by atoms with van der Waals surface area (Å²) in [6.07, 6.45) is -4.88. The SMILES string of the molecule is Nc1nc(=S)c2ncn([C@H]3O[C@H](COP(=O)(O)OP(=O)(O)OP(=O)(O)O)[C@@H](O)[C@H]3O)c2[nH]1. The maximum absolute atomic E-state index is 11.8. The van der Waals surface area contributed by atoms with Crippen molar-refractivity contribution in [1.29, 1.82) is 0 Å². The van der Waals surface area contributed by atoms with Gasteiger partial charge in [0.05, 0.1) is 12.9 Å². The van der Waals surface area contributed by atoms with E-state index >= 15 is 0 Å². The van der Waals surface area contributed by atoms with Crippen LogP contribution in [0.5, 0.6) is 0 Å². The highest BCUT2D eigenvalue weighted by molar-refractivity contribution is 7.71. The molecule has 2 unspecified atom stereocenters. The van der Waals surface area contributed by atoms with Gasteiger partial charge in [0.1, 0.15) is 29.5 Å². The fraction of sp³-hybridized carbons (Fsp3) is 0.500. The predicted molar refractivity (Wildman–Crippen MR) is 103 cm³/mol. The van der Waals surface area contributed by atoms with Crippen LogP contribution in [0.3, 0.4) is 0 Å². The van der Waals surface area contributed by atoms with Crippen LogP contribution in [-0.4, -0.2) is 74.2 Å². The molecule has 0 aromatic carbocycles. The molecule has 2 aromatic heterocycles. The molecule has 180 valence electrons. The van der Waals surface area contributed by atoms with Gasteiger partial charge in [-0.3, -0.25) is 9.09 Å². The molecule has 18 nitrogen and oxygen atoms in total. The van der Waals surface area contributed by atoms with Crippen LogP contribution in [0.1, 0.15) is 6.23 Å². The Balaban J connectivity index is 1.72. The molecule has 3 heterocycles. The van der Waals surface area contributed by atoms with Crippen molar-refractivity contribution in [2.24, 2.45) is 0 Å². The number of rotatable bonds is 8. The van der Waals surface area contributed by atoms with Gasteiger partial charge in [0.15, 0.2) is 16.8 Å². The van der Waals surface area contributed by atoms with Crippen molar-refractivity contribution in [2.75, 3.05) is 12.3 Å². The lowest BCUT2D eigenvalue weighted by atomic mass is 10.1. The van der Waals surface area contributed by atoms with Crippen LogP contribution in [0.4, 0.5) is 5.95 Å². The zero-order valence-electron chi connectivity index (χ0n) is 15.3. The van der Waals surface area contributed by atoms with Crippen LogP contribution in [-0.2, 0) is 31.6 Å². The summed E-state index contributed by atoms with van der Waals surface area (Å²) in [5.74, 6) is -0.0681. The number of nitrogens with zero attached hydrogens (tertiary/aromatic N) is 3. The van der Waals surface area contributed by atoms with Gasteiger partial charge in [-0.05, 0) is 0 Å². The second-order valence-electron chi connectivity index (χ2n) is 6.21. The number of phosphoric acid groups is 3. The van der Waals surface area contributed by atoms with Gasteiger partial charge in [0, 0.05) is 0 Å². The minimum atomic E-state index is -5.71. The molecular weight excluding hydrogens is 523 g/mol. The number of fused-ring (bicyclic) bond motifs is 1. The number of hydrogen-bond donors (Lipinski definition) is 8. The Morgan fingerprint density at radius 1 is 1.16 bits per heavy atom. The first-order valence-corrected chi connectivity index (χ1v) is 13.0. The van der Waals surface area contributed by atoms with Crippen LogP contribution >= 0.6 is 35.7 Å². The minimum absolute atomic E-state index is 0.0484. The Morgan fingerprint density at radius 2 is 1.81 bits per heavy atom. The van der Waals surface area contributed by atoms with E-state index in [1.165, 1.54) is 10.9 Å². The molecule has 32 heavy (non-hydrogen) atoms. The normalized spacial score (nSPS) is 27.9. The first-order valence-electron chi connectivity index (χ1n) is 8.11. The van der Waals surface area contributed by atoms with Gasteiger partial charge in [-0.25, -0.2) is 23.7 Å². The molecule has 2 aromatic rings. The molecule has 1 aliphatic rings. The molecular formula is C10H16N5O13P3S. The summed E-state index contributed by atoms with van der Waals surface area (Å²) in [5.41, 5.74) is 5.99. The van der Waals surface area contributed by atoms with E-state index in [-0.39, 0.29) is 21.8 Å².